The molecule has 0 atom stereocenters. The Hall–Kier alpha value is -2.51. The number of halogens is 1. The van der Waals surface area contributed by atoms with Gasteiger partial charge < -0.3 is 5.32 Å². The highest BCUT2D eigenvalue weighted by Crippen LogP contribution is 2.28. The highest BCUT2D eigenvalue weighted by molar-refractivity contribution is 7.89. The lowest BCUT2D eigenvalue weighted by atomic mass is 10.2. The second-order valence-electron chi connectivity index (χ2n) is 5.55. The molecule has 138 valence electrons. The maximum absolute atomic E-state index is 12.6. The number of aromatic nitrogens is 1. The molecule has 0 spiro atoms. The van der Waals surface area contributed by atoms with Gasteiger partial charge in [0.05, 0.1) is 27.2 Å². The van der Waals surface area contributed by atoms with Gasteiger partial charge in [-0.05, 0) is 30.3 Å². The molecule has 1 N–H and O–H groups in total. The molecule has 10 heteroatoms. The van der Waals surface area contributed by atoms with Gasteiger partial charge in [-0.15, -0.1) is 0 Å². The number of carbonyl (C=O) groups excluding carboxylic acids is 1. The van der Waals surface area contributed by atoms with E-state index in [4.69, 9.17) is 16.9 Å². The van der Waals surface area contributed by atoms with Crippen LogP contribution in [0.4, 0.5) is 5.13 Å². The van der Waals surface area contributed by atoms with Crippen molar-refractivity contribution < 1.29 is 13.2 Å². The number of amides is 1. The summed E-state index contributed by atoms with van der Waals surface area (Å²) in [7, 11) is -2.70. The van der Waals surface area contributed by atoms with Crippen molar-refractivity contribution >= 4 is 54.2 Å². The zero-order chi connectivity index (χ0) is 19.6. The molecule has 1 aromatic heterocycles. The third-order valence-electron chi connectivity index (χ3n) is 3.66. The van der Waals surface area contributed by atoms with E-state index in [1.807, 2.05) is 6.07 Å². The Bertz CT molecular complexity index is 1170. The molecule has 0 fully saturated rings. The third-order valence-corrected chi connectivity index (χ3v) is 6.69. The lowest BCUT2D eigenvalue weighted by Crippen LogP contribution is -2.35. The molecule has 0 saturated heterocycles. The molecule has 0 bridgehead atoms. The quantitative estimate of drug-likeness (QED) is 0.683. The zero-order valence-corrected chi connectivity index (χ0v) is 16.4. The second kappa shape index (κ2) is 7.62. The predicted octanol–water partition coefficient (Wildman–Crippen LogP) is 3.08. The maximum atomic E-state index is 12.6. The van der Waals surface area contributed by atoms with Gasteiger partial charge in [-0.25, -0.2) is 13.4 Å². The van der Waals surface area contributed by atoms with E-state index in [0.717, 1.165) is 9.01 Å². The van der Waals surface area contributed by atoms with Crippen molar-refractivity contribution in [2.75, 3.05) is 18.9 Å². The van der Waals surface area contributed by atoms with Crippen LogP contribution in [0, 0.1) is 11.3 Å². The Morgan fingerprint density at radius 1 is 1.33 bits per heavy atom. The summed E-state index contributed by atoms with van der Waals surface area (Å²) in [6.07, 6.45) is 0. The van der Waals surface area contributed by atoms with Crippen molar-refractivity contribution in [3.8, 4) is 6.07 Å². The number of carbonyl (C=O) groups is 1. The van der Waals surface area contributed by atoms with Crippen molar-refractivity contribution in [1.82, 2.24) is 9.29 Å². The molecular formula is C17H13ClN4O3S2. The van der Waals surface area contributed by atoms with Gasteiger partial charge in [0.2, 0.25) is 15.9 Å². The van der Waals surface area contributed by atoms with Gasteiger partial charge in [-0.3, -0.25) is 4.79 Å². The smallest absolute Gasteiger partial charge is 0.244 e. The van der Waals surface area contributed by atoms with Gasteiger partial charge in [0.1, 0.15) is 6.07 Å². The summed E-state index contributed by atoms with van der Waals surface area (Å²) in [6, 6.07) is 12.8. The summed E-state index contributed by atoms with van der Waals surface area (Å²) in [5, 5.41) is 12.6. The predicted molar refractivity (Wildman–Crippen MR) is 104 cm³/mol. The van der Waals surface area contributed by atoms with Gasteiger partial charge in [-0.2, -0.15) is 9.57 Å². The van der Waals surface area contributed by atoms with Gasteiger partial charge in [0, 0.05) is 12.1 Å². The molecule has 1 amide bonds. The zero-order valence-electron chi connectivity index (χ0n) is 14.0. The number of nitriles is 1. The van der Waals surface area contributed by atoms with E-state index in [2.05, 4.69) is 10.3 Å². The van der Waals surface area contributed by atoms with E-state index >= 15 is 0 Å². The first kappa shape index (κ1) is 19.3. The van der Waals surface area contributed by atoms with Crippen molar-refractivity contribution in [1.29, 1.82) is 5.26 Å². The highest BCUT2D eigenvalue weighted by Gasteiger charge is 2.25. The number of hydrogen-bond acceptors (Lipinski definition) is 6. The summed E-state index contributed by atoms with van der Waals surface area (Å²) in [5.41, 5.74) is 0.705. The molecule has 0 saturated carbocycles. The average molecular weight is 421 g/mol. The number of hydrogen-bond donors (Lipinski definition) is 1. The first-order valence-electron chi connectivity index (χ1n) is 7.62. The molecule has 7 nitrogen and oxygen atoms in total. The van der Waals surface area contributed by atoms with E-state index in [0.29, 0.717) is 15.7 Å². The number of thiazole rings is 1. The fraction of sp³-hybridized carbons (Fsp3) is 0.118. The van der Waals surface area contributed by atoms with E-state index in [-0.39, 0.29) is 10.5 Å². The molecular weight excluding hydrogens is 408 g/mol. The van der Waals surface area contributed by atoms with E-state index in [9.17, 15) is 13.2 Å². The van der Waals surface area contributed by atoms with Crippen LogP contribution >= 0.6 is 22.9 Å². The molecule has 27 heavy (non-hydrogen) atoms. The normalized spacial score (nSPS) is 11.5. The summed E-state index contributed by atoms with van der Waals surface area (Å²) in [5.74, 6) is -0.541. The highest BCUT2D eigenvalue weighted by atomic mass is 35.5. The molecule has 3 rings (SSSR count). The minimum atomic E-state index is -3.98. The van der Waals surface area contributed by atoms with Crippen LogP contribution in [0.3, 0.4) is 0 Å². The number of nitrogens with zero attached hydrogens (tertiary/aromatic N) is 3. The van der Waals surface area contributed by atoms with Crippen molar-refractivity contribution in [3.63, 3.8) is 0 Å². The second-order valence-corrected chi connectivity index (χ2v) is 9.03. The van der Waals surface area contributed by atoms with E-state index in [1.54, 1.807) is 24.3 Å². The molecule has 3 aromatic rings. The van der Waals surface area contributed by atoms with Gasteiger partial charge in [0.15, 0.2) is 5.13 Å². The van der Waals surface area contributed by atoms with Gasteiger partial charge in [0.25, 0.3) is 0 Å². The van der Waals surface area contributed by atoms with E-state index in [1.165, 1.54) is 36.6 Å². The number of anilines is 1. The third kappa shape index (κ3) is 4.09. The van der Waals surface area contributed by atoms with Crippen LogP contribution in [0.1, 0.15) is 5.56 Å². The first-order valence-corrected chi connectivity index (χ1v) is 10.3. The van der Waals surface area contributed by atoms with E-state index < -0.39 is 22.5 Å². The Morgan fingerprint density at radius 2 is 2.07 bits per heavy atom. The minimum absolute atomic E-state index is 0.0211. The molecule has 0 aliphatic rings. The van der Waals surface area contributed by atoms with Gasteiger partial charge >= 0.3 is 0 Å². The molecule has 0 aliphatic carbocycles. The van der Waals surface area contributed by atoms with Crippen LogP contribution in [0.5, 0.6) is 0 Å². The fourth-order valence-corrected chi connectivity index (χ4v) is 4.77. The van der Waals surface area contributed by atoms with Crippen molar-refractivity contribution in [3.05, 3.63) is 53.1 Å². The van der Waals surface area contributed by atoms with Crippen LogP contribution in [-0.2, 0) is 14.8 Å². The summed E-state index contributed by atoms with van der Waals surface area (Å²) >= 11 is 7.17. The number of benzene rings is 2. The van der Waals surface area contributed by atoms with Crippen LogP contribution in [0.15, 0.2) is 47.4 Å². The van der Waals surface area contributed by atoms with Crippen molar-refractivity contribution in [2.24, 2.45) is 0 Å². The first-order chi connectivity index (χ1) is 12.8. The Balaban J connectivity index is 1.75. The van der Waals surface area contributed by atoms with Crippen LogP contribution in [0.2, 0.25) is 5.02 Å². The summed E-state index contributed by atoms with van der Waals surface area (Å²) in [6.45, 7) is -0.418. The molecule has 1 heterocycles. The Kier molecular flexibility index (Phi) is 5.43. The van der Waals surface area contributed by atoms with Gasteiger partial charge in [-0.1, -0.05) is 35.1 Å². The van der Waals surface area contributed by atoms with Crippen molar-refractivity contribution in [2.45, 2.75) is 4.90 Å². The summed E-state index contributed by atoms with van der Waals surface area (Å²) in [4.78, 5) is 16.4. The number of rotatable bonds is 5. The Labute approximate surface area is 164 Å². The SMILES string of the molecule is CN(CC(=O)Nc1nc2ccc(Cl)cc2s1)S(=O)(=O)c1ccccc1C#N. The lowest BCUT2D eigenvalue weighted by molar-refractivity contribution is -0.116. The van der Waals surface area contributed by atoms with Crippen LogP contribution < -0.4 is 5.32 Å². The summed E-state index contributed by atoms with van der Waals surface area (Å²) < 4.78 is 27.0. The fourth-order valence-electron chi connectivity index (χ4n) is 2.35. The van der Waals surface area contributed by atoms with Crippen LogP contribution in [0.25, 0.3) is 10.2 Å². The molecule has 0 unspecified atom stereocenters. The molecule has 0 radical (unpaired) electrons. The molecule has 2 aromatic carbocycles. The largest absolute Gasteiger partial charge is 0.301 e. The topological polar surface area (TPSA) is 103 Å². The lowest BCUT2D eigenvalue weighted by Gasteiger charge is -2.17. The number of sulfonamides is 1. The van der Waals surface area contributed by atoms with Crippen LogP contribution in [-0.4, -0.2) is 37.2 Å². The molecule has 0 aliphatic heterocycles. The number of fused-ring (bicyclic) bond motifs is 1. The number of nitrogens with one attached hydrogen (secondary N) is 1. The number of likely N-dealkylation sites (N-methyl/N-ethyl adjacent to an activating group) is 1. The monoisotopic (exact) mass is 420 g/mol. The standard InChI is InChI=1S/C17H13ClN4O3S2/c1-22(27(24,25)15-5-3-2-4-11(15)9-19)10-16(23)21-17-20-13-7-6-12(18)8-14(13)26-17/h2-8H,10H2,1H3,(H,20,21,23). The Morgan fingerprint density at radius 3 is 2.81 bits per heavy atom. The average Bonchev–Trinajstić information content (AvgIpc) is 3.02. The minimum Gasteiger partial charge on any atom is -0.301 e. The maximum Gasteiger partial charge on any atom is 0.244 e.